The third kappa shape index (κ3) is 6.11. The standard InChI is InChI=1S/C25H41N3O3/c1-25(2,3)19-5-12-28(13-6-19)20-4-9-26-24(16-20)31-23-17-22(18-23)30-21-7-10-27(11-8-21)14-15-29/h4,9,16,19,21-23,29H,5-8,10-15,17-18H2,1-3H3. The number of aliphatic hydroxyl groups excluding tert-OH is 1. The molecule has 0 bridgehead atoms. The number of likely N-dealkylation sites (tertiary alicyclic amines) is 1. The smallest absolute Gasteiger partial charge is 0.215 e. The number of aliphatic hydroxyl groups is 1. The molecule has 0 atom stereocenters. The predicted octanol–water partition coefficient (Wildman–Crippen LogP) is 3.73. The lowest BCUT2D eigenvalue weighted by atomic mass is 9.75. The zero-order valence-corrected chi connectivity index (χ0v) is 19.6. The van der Waals surface area contributed by atoms with Crippen molar-refractivity contribution in [3.63, 3.8) is 0 Å². The normalized spacial score (nSPS) is 26.6. The topological polar surface area (TPSA) is 58.1 Å². The molecule has 0 radical (unpaired) electrons. The number of piperidine rings is 2. The Balaban J connectivity index is 1.19. The molecule has 1 aliphatic carbocycles. The summed E-state index contributed by atoms with van der Waals surface area (Å²) < 4.78 is 12.5. The minimum atomic E-state index is 0.217. The molecule has 1 saturated carbocycles. The van der Waals surface area contributed by atoms with Crippen molar-refractivity contribution >= 4 is 5.69 Å². The van der Waals surface area contributed by atoms with Crippen molar-refractivity contribution in [2.75, 3.05) is 44.2 Å². The molecule has 6 heteroatoms. The molecule has 1 N–H and O–H groups in total. The number of hydrogen-bond donors (Lipinski definition) is 1. The summed E-state index contributed by atoms with van der Waals surface area (Å²) in [5.74, 6) is 1.55. The van der Waals surface area contributed by atoms with Crippen LogP contribution in [0, 0.1) is 11.3 Å². The Morgan fingerprint density at radius 3 is 2.35 bits per heavy atom. The third-order valence-electron chi connectivity index (χ3n) is 7.48. The van der Waals surface area contributed by atoms with E-state index in [1.54, 1.807) is 0 Å². The van der Waals surface area contributed by atoms with Crippen LogP contribution in [0.3, 0.4) is 0 Å². The molecule has 0 amide bonds. The van der Waals surface area contributed by atoms with Crippen LogP contribution in [0.1, 0.15) is 59.3 Å². The molecule has 3 aliphatic rings. The monoisotopic (exact) mass is 431 g/mol. The van der Waals surface area contributed by atoms with Crippen molar-refractivity contribution in [1.82, 2.24) is 9.88 Å². The van der Waals surface area contributed by atoms with Crippen LogP contribution in [0.25, 0.3) is 0 Å². The van der Waals surface area contributed by atoms with Gasteiger partial charge in [-0.1, -0.05) is 20.8 Å². The first-order valence-corrected chi connectivity index (χ1v) is 12.3. The van der Waals surface area contributed by atoms with Gasteiger partial charge in [-0.3, -0.25) is 0 Å². The van der Waals surface area contributed by atoms with Crippen molar-refractivity contribution in [2.45, 2.75) is 77.6 Å². The van der Waals surface area contributed by atoms with Crippen molar-refractivity contribution in [2.24, 2.45) is 11.3 Å². The van der Waals surface area contributed by atoms with E-state index in [0.717, 1.165) is 70.2 Å². The number of rotatable bonds is 7. The predicted molar refractivity (Wildman–Crippen MR) is 124 cm³/mol. The maximum atomic E-state index is 9.06. The Labute approximate surface area is 187 Å². The zero-order chi connectivity index (χ0) is 21.8. The fourth-order valence-corrected chi connectivity index (χ4v) is 5.24. The molecule has 1 aromatic rings. The number of hydrogen-bond acceptors (Lipinski definition) is 6. The molecule has 3 heterocycles. The summed E-state index contributed by atoms with van der Waals surface area (Å²) >= 11 is 0. The van der Waals surface area contributed by atoms with Gasteiger partial charge in [0, 0.05) is 63.5 Å². The molecule has 2 aliphatic heterocycles. The summed E-state index contributed by atoms with van der Waals surface area (Å²) in [6.07, 6.45) is 9.33. The van der Waals surface area contributed by atoms with Gasteiger partial charge in [-0.2, -0.15) is 0 Å². The minimum Gasteiger partial charge on any atom is -0.474 e. The highest BCUT2D eigenvalue weighted by Crippen LogP contribution is 2.36. The molecule has 0 spiro atoms. The van der Waals surface area contributed by atoms with Crippen LogP contribution in [0.15, 0.2) is 18.3 Å². The van der Waals surface area contributed by atoms with Crippen molar-refractivity contribution in [3.8, 4) is 5.88 Å². The highest BCUT2D eigenvalue weighted by atomic mass is 16.5. The van der Waals surface area contributed by atoms with Gasteiger partial charge in [0.2, 0.25) is 5.88 Å². The number of nitrogens with zero attached hydrogens (tertiary/aromatic N) is 3. The van der Waals surface area contributed by atoms with Gasteiger partial charge < -0.3 is 24.4 Å². The van der Waals surface area contributed by atoms with Crippen molar-refractivity contribution in [3.05, 3.63) is 18.3 Å². The van der Waals surface area contributed by atoms with E-state index < -0.39 is 0 Å². The Bertz CT molecular complexity index is 685. The van der Waals surface area contributed by atoms with Crippen LogP contribution in [0.4, 0.5) is 5.69 Å². The van der Waals surface area contributed by atoms with E-state index in [9.17, 15) is 0 Å². The van der Waals surface area contributed by atoms with E-state index in [0.29, 0.717) is 17.6 Å². The van der Waals surface area contributed by atoms with Crippen molar-refractivity contribution < 1.29 is 14.6 Å². The first kappa shape index (κ1) is 22.8. The summed E-state index contributed by atoms with van der Waals surface area (Å²) in [6, 6.07) is 4.22. The molecule has 2 saturated heterocycles. The second kappa shape index (κ2) is 10.1. The number of β-amino-alcohol motifs (C(OH)–C–C–N with tert-alkyl or cyclic N) is 1. The van der Waals surface area contributed by atoms with Gasteiger partial charge in [0.25, 0.3) is 0 Å². The quantitative estimate of drug-likeness (QED) is 0.710. The maximum absolute atomic E-state index is 9.06. The van der Waals surface area contributed by atoms with E-state index in [1.165, 1.54) is 18.5 Å². The van der Waals surface area contributed by atoms with E-state index in [4.69, 9.17) is 14.6 Å². The van der Waals surface area contributed by atoms with Crippen LogP contribution in [0.2, 0.25) is 0 Å². The molecule has 6 nitrogen and oxygen atoms in total. The number of ether oxygens (including phenoxy) is 2. The second-order valence-corrected chi connectivity index (χ2v) is 10.7. The van der Waals surface area contributed by atoms with E-state index in [2.05, 4.69) is 47.7 Å². The van der Waals surface area contributed by atoms with Gasteiger partial charge in [-0.05, 0) is 43.1 Å². The average molecular weight is 432 g/mol. The fraction of sp³-hybridized carbons (Fsp3) is 0.800. The zero-order valence-electron chi connectivity index (χ0n) is 19.6. The van der Waals surface area contributed by atoms with Gasteiger partial charge in [-0.25, -0.2) is 4.98 Å². The summed E-state index contributed by atoms with van der Waals surface area (Å²) in [6.45, 7) is 12.4. The van der Waals surface area contributed by atoms with Crippen LogP contribution in [-0.2, 0) is 4.74 Å². The molecule has 0 unspecified atom stereocenters. The van der Waals surface area contributed by atoms with Gasteiger partial charge in [0.1, 0.15) is 6.10 Å². The van der Waals surface area contributed by atoms with Gasteiger partial charge in [-0.15, -0.1) is 0 Å². The highest BCUT2D eigenvalue weighted by Gasteiger charge is 2.35. The SMILES string of the molecule is CC(C)(C)C1CCN(c2ccnc(OC3CC(OC4CCN(CCO)CC4)C3)c2)CC1. The molecular weight excluding hydrogens is 390 g/mol. The van der Waals surface area contributed by atoms with E-state index in [1.807, 2.05) is 6.20 Å². The maximum Gasteiger partial charge on any atom is 0.215 e. The largest absolute Gasteiger partial charge is 0.474 e. The molecule has 174 valence electrons. The molecule has 1 aromatic heterocycles. The highest BCUT2D eigenvalue weighted by molar-refractivity contribution is 5.48. The summed E-state index contributed by atoms with van der Waals surface area (Å²) in [4.78, 5) is 9.26. The van der Waals surface area contributed by atoms with Crippen molar-refractivity contribution in [1.29, 1.82) is 0 Å². The second-order valence-electron chi connectivity index (χ2n) is 10.7. The number of anilines is 1. The van der Waals surface area contributed by atoms with Crippen LogP contribution in [-0.4, -0.2) is 72.6 Å². The first-order valence-electron chi connectivity index (χ1n) is 12.3. The third-order valence-corrected chi connectivity index (χ3v) is 7.48. The summed E-state index contributed by atoms with van der Waals surface area (Å²) in [5.41, 5.74) is 1.64. The van der Waals surface area contributed by atoms with Gasteiger partial charge in [0.05, 0.1) is 18.8 Å². The number of aromatic nitrogens is 1. The molecular formula is C25H41N3O3. The molecule has 4 rings (SSSR count). The lowest BCUT2D eigenvalue weighted by molar-refractivity contribution is -0.111. The minimum absolute atomic E-state index is 0.217. The Hall–Kier alpha value is -1.37. The summed E-state index contributed by atoms with van der Waals surface area (Å²) in [7, 11) is 0. The van der Waals surface area contributed by atoms with Gasteiger partial charge in [0.15, 0.2) is 0 Å². The first-order chi connectivity index (χ1) is 14.9. The molecule has 0 aromatic carbocycles. The molecule has 3 fully saturated rings. The lowest BCUT2D eigenvalue weighted by Gasteiger charge is -2.40. The number of pyridine rings is 1. The van der Waals surface area contributed by atoms with Gasteiger partial charge >= 0.3 is 0 Å². The van der Waals surface area contributed by atoms with Crippen LogP contribution >= 0.6 is 0 Å². The van der Waals surface area contributed by atoms with E-state index >= 15 is 0 Å². The Morgan fingerprint density at radius 2 is 1.71 bits per heavy atom. The fourth-order valence-electron chi connectivity index (χ4n) is 5.24. The molecule has 31 heavy (non-hydrogen) atoms. The Kier molecular flexibility index (Phi) is 7.40. The average Bonchev–Trinajstić information content (AvgIpc) is 2.73. The van der Waals surface area contributed by atoms with Crippen LogP contribution in [0.5, 0.6) is 5.88 Å². The van der Waals surface area contributed by atoms with Crippen LogP contribution < -0.4 is 9.64 Å². The lowest BCUT2D eigenvalue weighted by Crippen LogP contribution is -2.45. The Morgan fingerprint density at radius 1 is 1.00 bits per heavy atom. The summed E-state index contributed by atoms with van der Waals surface area (Å²) in [5, 5.41) is 9.06. The van der Waals surface area contributed by atoms with E-state index in [-0.39, 0.29) is 12.7 Å².